The average Bonchev–Trinajstić information content (AvgIpc) is 2.81. The first-order valence-corrected chi connectivity index (χ1v) is 10.4. The van der Waals surface area contributed by atoms with E-state index in [9.17, 15) is 19.2 Å². The van der Waals surface area contributed by atoms with Crippen LogP contribution in [0, 0.1) is 17.1 Å². The molecule has 32 heavy (non-hydrogen) atoms. The first-order chi connectivity index (χ1) is 15.6. The van der Waals surface area contributed by atoms with E-state index in [0.717, 1.165) is 38.2 Å². The Labute approximate surface area is 183 Å². The zero-order valence-electron chi connectivity index (χ0n) is 17.3. The maximum atomic E-state index is 14.2. The van der Waals surface area contributed by atoms with Gasteiger partial charge in [-0.15, -0.1) is 0 Å². The number of halogens is 1. The van der Waals surface area contributed by atoms with Gasteiger partial charge in [0, 0.05) is 12.2 Å². The van der Waals surface area contributed by atoms with Crippen molar-refractivity contribution in [3.63, 3.8) is 0 Å². The van der Waals surface area contributed by atoms with Crippen LogP contribution in [0.5, 0.6) is 11.6 Å². The van der Waals surface area contributed by atoms with E-state index in [1.54, 1.807) is 24.3 Å². The highest BCUT2D eigenvalue weighted by Gasteiger charge is 2.21. The summed E-state index contributed by atoms with van der Waals surface area (Å²) in [5, 5.41) is 12.5. The number of nitrogens with zero attached hydrogens (tertiary/aromatic N) is 3. The molecule has 1 fully saturated rings. The second-order valence-corrected chi connectivity index (χ2v) is 7.58. The van der Waals surface area contributed by atoms with Crippen LogP contribution in [0.25, 0.3) is 11.7 Å². The molecule has 8 heteroatoms. The molecule has 0 saturated heterocycles. The number of rotatable bonds is 5. The van der Waals surface area contributed by atoms with Crippen LogP contribution >= 0.6 is 0 Å². The normalized spacial score (nSPS) is 14.7. The lowest BCUT2D eigenvalue weighted by Gasteiger charge is -2.22. The van der Waals surface area contributed by atoms with Crippen LogP contribution in [0.2, 0.25) is 0 Å². The summed E-state index contributed by atoms with van der Waals surface area (Å²) in [6.45, 7) is 0. The number of carbonyl (C=O) groups excluding carboxylic acids is 1. The van der Waals surface area contributed by atoms with Gasteiger partial charge in [-0.05, 0) is 43.2 Å². The molecule has 1 amide bonds. The molecule has 0 aliphatic heterocycles. The molecule has 1 aromatic carbocycles. The van der Waals surface area contributed by atoms with Crippen LogP contribution in [-0.4, -0.2) is 21.3 Å². The van der Waals surface area contributed by atoms with Crippen molar-refractivity contribution in [1.29, 1.82) is 5.26 Å². The quantitative estimate of drug-likeness (QED) is 0.486. The minimum absolute atomic E-state index is 0.00189. The lowest BCUT2D eigenvalue weighted by molar-refractivity contribution is -0.117. The van der Waals surface area contributed by atoms with E-state index in [0.29, 0.717) is 0 Å². The monoisotopic (exact) mass is 432 g/mol. The second kappa shape index (κ2) is 9.43. The highest BCUT2D eigenvalue weighted by molar-refractivity contribution is 6.02. The minimum atomic E-state index is -0.631. The topological polar surface area (TPSA) is 96.5 Å². The highest BCUT2D eigenvalue weighted by atomic mass is 19.1. The van der Waals surface area contributed by atoms with Gasteiger partial charge in [-0.3, -0.25) is 14.0 Å². The number of aromatic nitrogens is 2. The van der Waals surface area contributed by atoms with Gasteiger partial charge in [0.05, 0.1) is 0 Å². The molecule has 2 aromatic heterocycles. The fraction of sp³-hybridized carbons (Fsp3) is 0.250. The molecule has 162 valence electrons. The molecule has 0 atom stereocenters. The van der Waals surface area contributed by atoms with Crippen LogP contribution in [0.4, 0.5) is 4.39 Å². The Bertz CT molecular complexity index is 1290. The zero-order valence-corrected chi connectivity index (χ0v) is 17.3. The first kappa shape index (κ1) is 21.2. The van der Waals surface area contributed by atoms with Crippen LogP contribution in [0.3, 0.4) is 0 Å². The van der Waals surface area contributed by atoms with Crippen molar-refractivity contribution in [1.82, 2.24) is 14.7 Å². The summed E-state index contributed by atoms with van der Waals surface area (Å²) >= 11 is 0. The number of fused-ring (bicyclic) bond motifs is 1. The van der Waals surface area contributed by atoms with Gasteiger partial charge in [0.1, 0.15) is 22.9 Å². The number of para-hydroxylation sites is 1. The Morgan fingerprint density at radius 3 is 2.69 bits per heavy atom. The number of hydrogen-bond acceptors (Lipinski definition) is 5. The number of carbonyl (C=O) groups is 1. The lowest BCUT2D eigenvalue weighted by atomic mass is 9.95. The van der Waals surface area contributed by atoms with E-state index >= 15 is 0 Å². The average molecular weight is 432 g/mol. The van der Waals surface area contributed by atoms with E-state index in [1.807, 2.05) is 6.07 Å². The van der Waals surface area contributed by atoms with Gasteiger partial charge in [-0.1, -0.05) is 37.5 Å². The SMILES string of the molecule is N#CC(=Cc1c(Oc2ccccc2F)nc2ccccn2c1=O)C(=O)NC1CCCCC1. The van der Waals surface area contributed by atoms with E-state index < -0.39 is 17.3 Å². The molecule has 0 unspecified atom stereocenters. The molecule has 7 nitrogen and oxygen atoms in total. The molecule has 3 aromatic rings. The summed E-state index contributed by atoms with van der Waals surface area (Å²) in [6.07, 6.45) is 7.55. The molecule has 1 saturated carbocycles. The Hall–Kier alpha value is -3.99. The largest absolute Gasteiger partial charge is 0.435 e. The van der Waals surface area contributed by atoms with Crippen molar-refractivity contribution < 1.29 is 13.9 Å². The Morgan fingerprint density at radius 2 is 1.94 bits per heavy atom. The van der Waals surface area contributed by atoms with Gasteiger partial charge in [0.2, 0.25) is 5.88 Å². The number of amides is 1. The zero-order chi connectivity index (χ0) is 22.5. The maximum Gasteiger partial charge on any atom is 0.269 e. The first-order valence-electron chi connectivity index (χ1n) is 10.4. The van der Waals surface area contributed by atoms with Gasteiger partial charge in [-0.2, -0.15) is 10.2 Å². The van der Waals surface area contributed by atoms with Gasteiger partial charge in [0.15, 0.2) is 11.6 Å². The van der Waals surface area contributed by atoms with Crippen LogP contribution in [0.1, 0.15) is 37.7 Å². The van der Waals surface area contributed by atoms with E-state index in [1.165, 1.54) is 28.8 Å². The minimum Gasteiger partial charge on any atom is -0.435 e. The fourth-order valence-corrected chi connectivity index (χ4v) is 3.72. The molecular weight excluding hydrogens is 411 g/mol. The smallest absolute Gasteiger partial charge is 0.269 e. The molecule has 1 aliphatic rings. The Morgan fingerprint density at radius 1 is 1.19 bits per heavy atom. The predicted octanol–water partition coefficient (Wildman–Crippen LogP) is 3.98. The van der Waals surface area contributed by atoms with Crippen molar-refractivity contribution in [2.24, 2.45) is 0 Å². The van der Waals surface area contributed by atoms with E-state index in [-0.39, 0.29) is 34.5 Å². The van der Waals surface area contributed by atoms with Gasteiger partial charge >= 0.3 is 0 Å². The fourth-order valence-electron chi connectivity index (χ4n) is 3.72. The summed E-state index contributed by atoms with van der Waals surface area (Å²) in [4.78, 5) is 30.2. The maximum absolute atomic E-state index is 14.2. The van der Waals surface area contributed by atoms with Gasteiger partial charge in [-0.25, -0.2) is 4.39 Å². The highest BCUT2D eigenvalue weighted by Crippen LogP contribution is 2.26. The third-order valence-corrected chi connectivity index (χ3v) is 5.37. The van der Waals surface area contributed by atoms with Crippen molar-refractivity contribution in [2.75, 3.05) is 0 Å². The van der Waals surface area contributed by atoms with E-state index in [4.69, 9.17) is 4.74 Å². The Kier molecular flexibility index (Phi) is 6.26. The summed E-state index contributed by atoms with van der Waals surface area (Å²) in [5.41, 5.74) is -0.623. The van der Waals surface area contributed by atoms with Crippen molar-refractivity contribution in [2.45, 2.75) is 38.1 Å². The standard InChI is InChI=1S/C24H21FN4O3/c25-19-10-4-5-11-20(19)32-23-18(24(31)29-13-7-6-12-21(29)28-23)14-16(15-26)22(30)27-17-8-2-1-3-9-17/h4-7,10-14,17H,1-3,8-9H2,(H,27,30). The number of nitriles is 1. The van der Waals surface area contributed by atoms with Crippen LogP contribution < -0.4 is 15.6 Å². The van der Waals surface area contributed by atoms with E-state index in [2.05, 4.69) is 10.3 Å². The van der Waals surface area contributed by atoms with Crippen LogP contribution in [0.15, 0.2) is 59.0 Å². The summed E-state index contributed by atoms with van der Waals surface area (Å²) in [6, 6.07) is 12.5. The summed E-state index contributed by atoms with van der Waals surface area (Å²) < 4.78 is 21.1. The molecule has 0 bridgehead atoms. The molecule has 1 N–H and O–H groups in total. The van der Waals surface area contributed by atoms with Crippen molar-refractivity contribution in [3.8, 4) is 17.7 Å². The van der Waals surface area contributed by atoms with Crippen molar-refractivity contribution in [3.05, 3.63) is 76.0 Å². The third-order valence-electron chi connectivity index (χ3n) is 5.37. The molecular formula is C24H21FN4O3. The van der Waals surface area contributed by atoms with Gasteiger partial charge < -0.3 is 10.1 Å². The van der Waals surface area contributed by atoms with Crippen LogP contribution in [-0.2, 0) is 4.79 Å². The Balaban J connectivity index is 1.77. The number of ether oxygens (including phenoxy) is 1. The molecule has 0 spiro atoms. The molecule has 4 rings (SSSR count). The summed E-state index contributed by atoms with van der Waals surface area (Å²) in [7, 11) is 0. The number of hydrogen-bond donors (Lipinski definition) is 1. The van der Waals surface area contributed by atoms with Gasteiger partial charge in [0.25, 0.3) is 11.5 Å². The number of nitrogens with one attached hydrogen (secondary N) is 1. The van der Waals surface area contributed by atoms with Crippen molar-refractivity contribution >= 4 is 17.6 Å². The molecule has 2 heterocycles. The molecule has 1 aliphatic carbocycles. The summed E-state index contributed by atoms with van der Waals surface area (Å²) in [5.74, 6) is -1.51. The predicted molar refractivity (Wildman–Crippen MR) is 117 cm³/mol. The second-order valence-electron chi connectivity index (χ2n) is 7.58. The third kappa shape index (κ3) is 4.52. The lowest BCUT2D eigenvalue weighted by Crippen LogP contribution is -2.36. The number of pyridine rings is 1. The number of benzene rings is 1. The molecule has 0 radical (unpaired) electrons.